The summed E-state index contributed by atoms with van der Waals surface area (Å²) in [4.78, 5) is 4.01. The maximum absolute atomic E-state index is 11.9. The predicted octanol–water partition coefficient (Wildman–Crippen LogP) is 3.14. The Labute approximate surface area is 93.7 Å². The second-order valence-electron chi connectivity index (χ2n) is 3.89. The van der Waals surface area contributed by atoms with E-state index in [9.17, 15) is 4.57 Å². The molecule has 0 fully saturated rings. The fraction of sp³-hybridized carbons (Fsp3) is 0.182. The van der Waals surface area contributed by atoms with Crippen LogP contribution in [0.4, 0.5) is 0 Å². The molecule has 1 heterocycles. The number of pyridine rings is 1. The zero-order valence-corrected chi connectivity index (χ0v) is 10.2. The smallest absolute Gasteiger partial charge is 0.129 e. The van der Waals surface area contributed by atoms with E-state index in [1.807, 2.05) is 18.2 Å². The number of benzene rings is 1. The molecule has 0 atom stereocenters. The SMILES string of the molecule is CP(C)(=O)c1ccc2cc(Cl)ncc2c1. The average Bonchev–Trinajstić information content (AvgIpc) is 2.15. The lowest BCUT2D eigenvalue weighted by Gasteiger charge is -2.07. The molecule has 0 saturated heterocycles. The van der Waals surface area contributed by atoms with Crippen LogP contribution in [0, 0.1) is 0 Å². The third-order valence-corrected chi connectivity index (χ3v) is 4.02. The first kappa shape index (κ1) is 10.7. The molecule has 0 bridgehead atoms. The molecule has 4 heteroatoms. The lowest BCUT2D eigenvalue weighted by molar-refractivity contribution is 0.588. The summed E-state index contributed by atoms with van der Waals surface area (Å²) >= 11 is 5.78. The summed E-state index contributed by atoms with van der Waals surface area (Å²) < 4.78 is 11.9. The summed E-state index contributed by atoms with van der Waals surface area (Å²) in [5.74, 6) is 0. The van der Waals surface area contributed by atoms with Crippen molar-refractivity contribution in [2.45, 2.75) is 0 Å². The van der Waals surface area contributed by atoms with Crippen molar-refractivity contribution >= 4 is 34.8 Å². The first-order valence-electron chi connectivity index (χ1n) is 4.58. The van der Waals surface area contributed by atoms with Gasteiger partial charge in [-0.15, -0.1) is 0 Å². The number of aromatic nitrogens is 1. The van der Waals surface area contributed by atoms with Crippen molar-refractivity contribution in [2.75, 3.05) is 13.3 Å². The van der Waals surface area contributed by atoms with Gasteiger partial charge >= 0.3 is 0 Å². The van der Waals surface area contributed by atoms with E-state index >= 15 is 0 Å². The fourth-order valence-electron chi connectivity index (χ4n) is 1.44. The Balaban J connectivity index is 2.67. The molecule has 1 aromatic carbocycles. The molecule has 0 unspecified atom stereocenters. The second-order valence-corrected chi connectivity index (χ2v) is 7.49. The monoisotopic (exact) mass is 239 g/mol. The summed E-state index contributed by atoms with van der Waals surface area (Å²) in [6.45, 7) is 3.52. The van der Waals surface area contributed by atoms with Gasteiger partial charge in [-0.2, -0.15) is 0 Å². The maximum Gasteiger partial charge on any atom is 0.129 e. The van der Waals surface area contributed by atoms with Crippen LogP contribution in [0.2, 0.25) is 5.15 Å². The minimum Gasteiger partial charge on any atom is -0.319 e. The van der Waals surface area contributed by atoms with Crippen LogP contribution in [0.1, 0.15) is 0 Å². The molecule has 0 saturated carbocycles. The van der Waals surface area contributed by atoms with Gasteiger partial charge < -0.3 is 4.57 Å². The van der Waals surface area contributed by atoms with Gasteiger partial charge in [-0.3, -0.25) is 0 Å². The van der Waals surface area contributed by atoms with Crippen LogP contribution < -0.4 is 5.30 Å². The molecular weight excluding hydrogens is 229 g/mol. The molecule has 0 amide bonds. The van der Waals surface area contributed by atoms with Crippen molar-refractivity contribution in [1.82, 2.24) is 4.98 Å². The number of fused-ring (bicyclic) bond motifs is 1. The van der Waals surface area contributed by atoms with Crippen LogP contribution in [-0.2, 0) is 4.57 Å². The van der Waals surface area contributed by atoms with Crippen LogP contribution in [0.3, 0.4) is 0 Å². The van der Waals surface area contributed by atoms with Crippen LogP contribution >= 0.6 is 18.7 Å². The summed E-state index contributed by atoms with van der Waals surface area (Å²) in [6.07, 6.45) is 1.71. The van der Waals surface area contributed by atoms with E-state index in [1.54, 1.807) is 25.6 Å². The van der Waals surface area contributed by atoms with E-state index in [0.717, 1.165) is 16.1 Å². The Morgan fingerprint density at radius 2 is 1.93 bits per heavy atom. The Morgan fingerprint density at radius 3 is 2.60 bits per heavy atom. The summed E-state index contributed by atoms with van der Waals surface area (Å²) in [6, 6.07) is 7.54. The van der Waals surface area contributed by atoms with Gasteiger partial charge in [0.25, 0.3) is 0 Å². The number of halogens is 1. The highest BCUT2D eigenvalue weighted by molar-refractivity contribution is 7.70. The molecule has 0 aliphatic heterocycles. The molecule has 0 radical (unpaired) electrons. The molecule has 78 valence electrons. The number of nitrogens with zero attached hydrogens (tertiary/aromatic N) is 1. The Hall–Kier alpha value is -0.850. The molecule has 0 aliphatic rings. The highest BCUT2D eigenvalue weighted by Crippen LogP contribution is 2.35. The molecule has 0 N–H and O–H groups in total. The summed E-state index contributed by atoms with van der Waals surface area (Å²) in [5, 5.41) is 3.35. The normalized spacial score (nSPS) is 11.9. The maximum atomic E-state index is 11.9. The molecule has 15 heavy (non-hydrogen) atoms. The van der Waals surface area contributed by atoms with E-state index in [4.69, 9.17) is 11.6 Å². The number of hydrogen-bond acceptors (Lipinski definition) is 2. The zero-order chi connectivity index (χ0) is 11.1. The number of hydrogen-bond donors (Lipinski definition) is 0. The van der Waals surface area contributed by atoms with Gasteiger partial charge in [0.2, 0.25) is 0 Å². The predicted molar refractivity (Wildman–Crippen MR) is 65.8 cm³/mol. The molecule has 2 nitrogen and oxygen atoms in total. The van der Waals surface area contributed by atoms with E-state index in [0.29, 0.717) is 5.15 Å². The Bertz CT molecular complexity index is 562. The second kappa shape index (κ2) is 3.62. The number of rotatable bonds is 1. The molecule has 1 aromatic heterocycles. The van der Waals surface area contributed by atoms with Crippen molar-refractivity contribution in [1.29, 1.82) is 0 Å². The van der Waals surface area contributed by atoms with Crippen molar-refractivity contribution in [2.24, 2.45) is 0 Å². The van der Waals surface area contributed by atoms with E-state index in [-0.39, 0.29) is 0 Å². The first-order valence-corrected chi connectivity index (χ1v) is 7.55. The third-order valence-electron chi connectivity index (χ3n) is 2.29. The van der Waals surface area contributed by atoms with Gasteiger partial charge in [0, 0.05) is 16.9 Å². The summed E-state index contributed by atoms with van der Waals surface area (Å²) in [5.41, 5.74) is 0. The van der Waals surface area contributed by atoms with Crippen molar-refractivity contribution < 1.29 is 4.57 Å². The Kier molecular flexibility index (Phi) is 2.57. The fourth-order valence-corrected chi connectivity index (χ4v) is 2.49. The van der Waals surface area contributed by atoms with E-state index < -0.39 is 7.14 Å². The molecule has 0 spiro atoms. The van der Waals surface area contributed by atoms with Gasteiger partial charge in [0.15, 0.2) is 0 Å². The molecule has 0 aliphatic carbocycles. The van der Waals surface area contributed by atoms with E-state index in [1.165, 1.54) is 0 Å². The van der Waals surface area contributed by atoms with Crippen molar-refractivity contribution in [3.05, 3.63) is 35.6 Å². The minimum atomic E-state index is -2.20. The minimum absolute atomic E-state index is 0.478. The van der Waals surface area contributed by atoms with Gasteiger partial charge in [-0.05, 0) is 30.8 Å². The molecule has 2 rings (SSSR count). The van der Waals surface area contributed by atoms with Gasteiger partial charge in [-0.1, -0.05) is 23.7 Å². The average molecular weight is 240 g/mol. The summed E-state index contributed by atoms with van der Waals surface area (Å²) in [7, 11) is -2.20. The zero-order valence-electron chi connectivity index (χ0n) is 8.57. The van der Waals surface area contributed by atoms with Crippen molar-refractivity contribution in [3.8, 4) is 0 Å². The van der Waals surface area contributed by atoms with Crippen LogP contribution in [0.15, 0.2) is 30.5 Å². The van der Waals surface area contributed by atoms with E-state index in [2.05, 4.69) is 4.98 Å². The largest absolute Gasteiger partial charge is 0.319 e. The lowest BCUT2D eigenvalue weighted by atomic mass is 10.2. The topological polar surface area (TPSA) is 30.0 Å². The van der Waals surface area contributed by atoms with Gasteiger partial charge in [0.05, 0.1) is 0 Å². The highest BCUT2D eigenvalue weighted by Gasteiger charge is 2.11. The quantitative estimate of drug-likeness (QED) is 0.565. The van der Waals surface area contributed by atoms with Crippen LogP contribution in [0.5, 0.6) is 0 Å². The van der Waals surface area contributed by atoms with Crippen molar-refractivity contribution in [3.63, 3.8) is 0 Å². The molecular formula is C11H11ClNOP. The highest BCUT2D eigenvalue weighted by atomic mass is 35.5. The van der Waals surface area contributed by atoms with Crippen LogP contribution in [0.25, 0.3) is 10.8 Å². The first-order chi connectivity index (χ1) is 6.97. The third kappa shape index (κ3) is 2.22. The van der Waals surface area contributed by atoms with Gasteiger partial charge in [0.1, 0.15) is 12.3 Å². The molecule has 2 aromatic rings. The Morgan fingerprint density at radius 1 is 1.20 bits per heavy atom. The standard InChI is InChI=1S/C11H11ClNOP/c1-15(2,14)10-4-3-8-6-11(12)13-7-9(8)5-10/h3-7H,1-2H3. The van der Waals surface area contributed by atoms with Crippen LogP contribution in [-0.4, -0.2) is 18.3 Å². The van der Waals surface area contributed by atoms with Gasteiger partial charge in [-0.25, -0.2) is 4.98 Å². The lowest BCUT2D eigenvalue weighted by Crippen LogP contribution is -2.01.